The van der Waals surface area contributed by atoms with Gasteiger partial charge in [0.25, 0.3) is 0 Å². The number of carbonyl (C=O) groups excluding carboxylic acids is 1. The predicted molar refractivity (Wildman–Crippen MR) is 81.8 cm³/mol. The summed E-state index contributed by atoms with van der Waals surface area (Å²) in [6.07, 6.45) is 4.24. The maximum absolute atomic E-state index is 12.1. The molecule has 1 heterocycles. The van der Waals surface area contributed by atoms with Crippen molar-refractivity contribution in [1.82, 2.24) is 10.6 Å². The van der Waals surface area contributed by atoms with E-state index in [4.69, 9.17) is 0 Å². The van der Waals surface area contributed by atoms with E-state index in [9.17, 15) is 13.2 Å². The van der Waals surface area contributed by atoms with Gasteiger partial charge in [0, 0.05) is 6.26 Å². The lowest BCUT2D eigenvalue weighted by molar-refractivity contribution is -0.124. The van der Waals surface area contributed by atoms with Crippen LogP contribution >= 0.6 is 0 Å². The number of hydrogen-bond acceptors (Lipinski definition) is 4. The van der Waals surface area contributed by atoms with Gasteiger partial charge < -0.3 is 10.6 Å². The summed E-state index contributed by atoms with van der Waals surface area (Å²) in [7, 11) is -3.18. The van der Waals surface area contributed by atoms with Crippen molar-refractivity contribution >= 4 is 15.7 Å². The fourth-order valence-corrected chi connectivity index (χ4v) is 3.11. The van der Waals surface area contributed by atoms with Gasteiger partial charge in [-0.2, -0.15) is 0 Å². The molecule has 5 nitrogen and oxygen atoms in total. The second-order valence-electron chi connectivity index (χ2n) is 5.57. The number of carbonyl (C=O) groups is 1. The topological polar surface area (TPSA) is 75.3 Å². The highest BCUT2D eigenvalue weighted by atomic mass is 32.2. The third-order valence-corrected chi connectivity index (χ3v) is 4.92. The molecule has 1 saturated heterocycles. The quantitative estimate of drug-likeness (QED) is 0.882. The normalized spacial score (nSPS) is 20.8. The van der Waals surface area contributed by atoms with Crippen molar-refractivity contribution in [2.75, 3.05) is 12.8 Å². The summed E-state index contributed by atoms with van der Waals surface area (Å²) in [5.41, 5.74) is 0.895. The molecular formula is C15H22N2O3S. The van der Waals surface area contributed by atoms with Crippen LogP contribution in [0.25, 0.3) is 0 Å². The van der Waals surface area contributed by atoms with E-state index < -0.39 is 9.84 Å². The lowest BCUT2D eigenvalue weighted by atomic mass is 10.0. The first-order valence-electron chi connectivity index (χ1n) is 7.22. The SMILES string of the molecule is CC(NC(=O)C1CCCCN1)c1ccc(S(C)(=O)=O)cc1. The Hall–Kier alpha value is -1.40. The smallest absolute Gasteiger partial charge is 0.237 e. The van der Waals surface area contributed by atoms with Crippen molar-refractivity contribution in [3.63, 3.8) is 0 Å². The van der Waals surface area contributed by atoms with Crippen LogP contribution in [0.4, 0.5) is 0 Å². The van der Waals surface area contributed by atoms with E-state index in [-0.39, 0.29) is 18.0 Å². The molecule has 21 heavy (non-hydrogen) atoms. The molecule has 0 saturated carbocycles. The molecule has 1 aromatic rings. The fraction of sp³-hybridized carbons (Fsp3) is 0.533. The molecule has 1 amide bonds. The zero-order valence-electron chi connectivity index (χ0n) is 12.4. The van der Waals surface area contributed by atoms with Crippen LogP contribution in [0, 0.1) is 0 Å². The zero-order valence-corrected chi connectivity index (χ0v) is 13.2. The van der Waals surface area contributed by atoms with E-state index in [0.29, 0.717) is 4.90 Å². The molecule has 6 heteroatoms. The molecule has 1 aliphatic heterocycles. The van der Waals surface area contributed by atoms with Crippen molar-refractivity contribution in [1.29, 1.82) is 0 Å². The van der Waals surface area contributed by atoms with Crippen molar-refractivity contribution in [2.24, 2.45) is 0 Å². The Morgan fingerprint density at radius 3 is 2.48 bits per heavy atom. The first kappa shape index (κ1) is 16.0. The van der Waals surface area contributed by atoms with Gasteiger partial charge >= 0.3 is 0 Å². The Bertz CT molecular complexity index is 590. The molecule has 0 spiro atoms. The Morgan fingerprint density at radius 2 is 1.95 bits per heavy atom. The molecule has 1 aliphatic rings. The van der Waals surface area contributed by atoms with Crippen LogP contribution in [-0.2, 0) is 14.6 Å². The van der Waals surface area contributed by atoms with Crippen molar-refractivity contribution in [3.05, 3.63) is 29.8 Å². The number of piperidine rings is 1. The number of nitrogens with one attached hydrogen (secondary N) is 2. The van der Waals surface area contributed by atoms with Crippen molar-refractivity contribution in [2.45, 2.75) is 43.2 Å². The van der Waals surface area contributed by atoms with Crippen LogP contribution in [0.5, 0.6) is 0 Å². The maximum Gasteiger partial charge on any atom is 0.237 e. The molecule has 1 fully saturated rings. The fourth-order valence-electron chi connectivity index (χ4n) is 2.48. The molecule has 0 radical (unpaired) electrons. The summed E-state index contributed by atoms with van der Waals surface area (Å²) in [4.78, 5) is 12.4. The first-order chi connectivity index (χ1) is 9.88. The monoisotopic (exact) mass is 310 g/mol. The highest BCUT2D eigenvalue weighted by molar-refractivity contribution is 7.90. The van der Waals surface area contributed by atoms with Gasteiger partial charge in [-0.15, -0.1) is 0 Å². The van der Waals surface area contributed by atoms with Gasteiger partial charge in [-0.1, -0.05) is 18.6 Å². The molecule has 0 bridgehead atoms. The minimum absolute atomic E-state index is 0.00869. The van der Waals surface area contributed by atoms with E-state index in [1.54, 1.807) is 24.3 Å². The number of benzene rings is 1. The Kier molecular flexibility index (Phi) is 5.00. The Morgan fingerprint density at radius 1 is 1.29 bits per heavy atom. The predicted octanol–water partition coefficient (Wildman–Crippen LogP) is 1.41. The van der Waals surface area contributed by atoms with Crippen molar-refractivity contribution < 1.29 is 13.2 Å². The summed E-state index contributed by atoms with van der Waals surface area (Å²) < 4.78 is 22.8. The highest BCUT2D eigenvalue weighted by Gasteiger charge is 2.22. The van der Waals surface area contributed by atoms with E-state index in [1.165, 1.54) is 6.26 Å². The largest absolute Gasteiger partial charge is 0.348 e. The van der Waals surface area contributed by atoms with Crippen LogP contribution in [-0.4, -0.2) is 33.2 Å². The van der Waals surface area contributed by atoms with Crippen LogP contribution in [0.2, 0.25) is 0 Å². The van der Waals surface area contributed by atoms with Crippen LogP contribution in [0.3, 0.4) is 0 Å². The standard InChI is InChI=1S/C15H22N2O3S/c1-11(17-15(18)14-5-3-4-10-16-14)12-6-8-13(9-7-12)21(2,19)20/h6-9,11,14,16H,3-5,10H2,1-2H3,(H,17,18). The summed E-state index contributed by atoms with van der Waals surface area (Å²) in [6, 6.07) is 6.38. The molecule has 2 atom stereocenters. The highest BCUT2D eigenvalue weighted by Crippen LogP contribution is 2.17. The molecular weight excluding hydrogens is 288 g/mol. The number of sulfone groups is 1. The molecule has 2 N–H and O–H groups in total. The van der Waals surface area contributed by atoms with E-state index in [0.717, 1.165) is 31.4 Å². The van der Waals surface area contributed by atoms with Crippen LogP contribution in [0.1, 0.15) is 37.8 Å². The number of rotatable bonds is 4. The summed E-state index contributed by atoms with van der Waals surface area (Å²) in [5, 5.41) is 6.19. The number of hydrogen-bond donors (Lipinski definition) is 2. The summed E-state index contributed by atoms with van der Waals surface area (Å²) in [5.74, 6) is 0.00869. The third kappa shape index (κ3) is 4.28. The van der Waals surface area contributed by atoms with E-state index in [2.05, 4.69) is 10.6 Å². The average molecular weight is 310 g/mol. The summed E-state index contributed by atoms with van der Waals surface area (Å²) in [6.45, 7) is 2.78. The summed E-state index contributed by atoms with van der Waals surface area (Å²) >= 11 is 0. The van der Waals surface area contributed by atoms with Gasteiger partial charge in [-0.05, 0) is 44.0 Å². The van der Waals surface area contributed by atoms with Gasteiger partial charge in [0.05, 0.1) is 17.0 Å². The molecule has 0 aliphatic carbocycles. The van der Waals surface area contributed by atoms with Gasteiger partial charge in [0.2, 0.25) is 5.91 Å². The second-order valence-corrected chi connectivity index (χ2v) is 7.59. The Balaban J connectivity index is 1.99. The van der Waals surface area contributed by atoms with Gasteiger partial charge in [0.1, 0.15) is 0 Å². The number of amides is 1. The third-order valence-electron chi connectivity index (χ3n) is 3.79. The average Bonchev–Trinajstić information content (AvgIpc) is 2.47. The molecule has 116 valence electrons. The van der Waals surface area contributed by atoms with Gasteiger partial charge in [0.15, 0.2) is 9.84 Å². The van der Waals surface area contributed by atoms with Crippen LogP contribution < -0.4 is 10.6 Å². The lowest BCUT2D eigenvalue weighted by Crippen LogP contribution is -2.47. The zero-order chi connectivity index (χ0) is 15.5. The second kappa shape index (κ2) is 6.58. The molecule has 2 rings (SSSR count). The van der Waals surface area contributed by atoms with E-state index >= 15 is 0 Å². The molecule has 0 aromatic heterocycles. The minimum atomic E-state index is -3.18. The van der Waals surface area contributed by atoms with E-state index in [1.807, 2.05) is 6.92 Å². The minimum Gasteiger partial charge on any atom is -0.348 e. The Labute approximate surface area is 126 Å². The maximum atomic E-state index is 12.1. The van der Waals surface area contributed by atoms with Crippen LogP contribution in [0.15, 0.2) is 29.2 Å². The molecule has 1 aromatic carbocycles. The van der Waals surface area contributed by atoms with Gasteiger partial charge in [-0.3, -0.25) is 4.79 Å². The first-order valence-corrected chi connectivity index (χ1v) is 9.11. The lowest BCUT2D eigenvalue weighted by Gasteiger charge is -2.24. The van der Waals surface area contributed by atoms with Gasteiger partial charge in [-0.25, -0.2) is 8.42 Å². The molecule has 2 unspecified atom stereocenters. The van der Waals surface area contributed by atoms with Crippen molar-refractivity contribution in [3.8, 4) is 0 Å².